The van der Waals surface area contributed by atoms with Crippen LogP contribution < -0.4 is 5.32 Å². The predicted molar refractivity (Wildman–Crippen MR) is 103 cm³/mol. The number of carbonyl (C=O) groups is 3. The molecule has 158 valence electrons. The van der Waals surface area contributed by atoms with Gasteiger partial charge in [-0.1, -0.05) is 25.0 Å². The molecular weight excluding hydrogens is 380 g/mol. The van der Waals surface area contributed by atoms with Crippen molar-refractivity contribution in [3.05, 3.63) is 39.9 Å². The lowest BCUT2D eigenvalue weighted by molar-refractivity contribution is -0.384. The Morgan fingerprint density at radius 3 is 2.38 bits per heavy atom. The fourth-order valence-electron chi connectivity index (χ4n) is 3.71. The molecule has 0 unspecified atom stereocenters. The molecule has 0 radical (unpaired) electrons. The van der Waals surface area contributed by atoms with Crippen molar-refractivity contribution in [2.24, 2.45) is 5.92 Å². The van der Waals surface area contributed by atoms with Crippen LogP contribution in [0.1, 0.15) is 56.9 Å². The molecule has 1 aliphatic rings. The zero-order chi connectivity index (χ0) is 21.4. The van der Waals surface area contributed by atoms with Gasteiger partial charge in [0.25, 0.3) is 5.69 Å². The van der Waals surface area contributed by atoms with Gasteiger partial charge in [-0.3, -0.25) is 19.7 Å². The zero-order valence-electron chi connectivity index (χ0n) is 16.3. The molecule has 2 atom stereocenters. The Labute approximate surface area is 168 Å². The summed E-state index contributed by atoms with van der Waals surface area (Å²) in [5, 5.41) is 23.1. The van der Waals surface area contributed by atoms with Crippen LogP contribution in [0, 0.1) is 16.0 Å². The number of nitro groups is 1. The molecule has 29 heavy (non-hydrogen) atoms. The van der Waals surface area contributed by atoms with Crippen LogP contribution in [0.25, 0.3) is 0 Å². The molecule has 0 heterocycles. The van der Waals surface area contributed by atoms with E-state index in [9.17, 15) is 29.6 Å². The first-order valence-electron chi connectivity index (χ1n) is 9.74. The topological polar surface area (TPSA) is 136 Å². The van der Waals surface area contributed by atoms with Gasteiger partial charge in [0.15, 0.2) is 0 Å². The van der Waals surface area contributed by atoms with Gasteiger partial charge in [-0.25, -0.2) is 4.79 Å². The van der Waals surface area contributed by atoms with E-state index >= 15 is 0 Å². The summed E-state index contributed by atoms with van der Waals surface area (Å²) in [6, 6.07) is 3.94. The first-order chi connectivity index (χ1) is 13.8. The summed E-state index contributed by atoms with van der Waals surface area (Å²) in [5.74, 6) is -2.93. The number of nitrogens with one attached hydrogen (secondary N) is 1. The molecule has 0 spiro atoms. The maximum atomic E-state index is 12.4. The first-order valence-corrected chi connectivity index (χ1v) is 9.74. The van der Waals surface area contributed by atoms with E-state index in [1.807, 2.05) is 0 Å². The van der Waals surface area contributed by atoms with Crippen molar-refractivity contribution in [1.29, 1.82) is 0 Å². The molecule has 0 saturated heterocycles. The number of carbonyl (C=O) groups excluding carboxylic acids is 2. The Morgan fingerprint density at radius 1 is 1.24 bits per heavy atom. The number of non-ortho nitro benzene ring substituents is 1. The van der Waals surface area contributed by atoms with E-state index in [-0.39, 0.29) is 37.0 Å². The zero-order valence-corrected chi connectivity index (χ0v) is 16.3. The summed E-state index contributed by atoms with van der Waals surface area (Å²) in [6.07, 6.45) is 3.99. The Bertz CT molecular complexity index is 742. The molecule has 1 aliphatic carbocycles. The molecule has 9 heteroatoms. The van der Waals surface area contributed by atoms with Crippen LogP contribution in [0.15, 0.2) is 24.3 Å². The molecule has 9 nitrogen and oxygen atoms in total. The molecule has 1 aromatic rings. The first kappa shape index (κ1) is 22.3. The molecule has 1 fully saturated rings. The van der Waals surface area contributed by atoms with Crippen LogP contribution >= 0.6 is 0 Å². The number of benzene rings is 1. The van der Waals surface area contributed by atoms with E-state index in [1.54, 1.807) is 6.92 Å². The average Bonchev–Trinajstić information content (AvgIpc) is 3.17. The third kappa shape index (κ3) is 6.55. The quantitative estimate of drug-likeness (QED) is 0.346. The summed E-state index contributed by atoms with van der Waals surface area (Å²) in [5.41, 5.74) is 0.248. The highest BCUT2D eigenvalue weighted by atomic mass is 16.6. The molecule has 0 aromatic heterocycles. The third-order valence-corrected chi connectivity index (χ3v) is 5.16. The van der Waals surface area contributed by atoms with Gasteiger partial charge in [0.2, 0.25) is 5.91 Å². The summed E-state index contributed by atoms with van der Waals surface area (Å²) in [7, 11) is 0. The molecule has 2 rings (SSSR count). The van der Waals surface area contributed by atoms with Crippen molar-refractivity contribution >= 4 is 23.5 Å². The van der Waals surface area contributed by atoms with E-state index in [4.69, 9.17) is 4.74 Å². The van der Waals surface area contributed by atoms with Gasteiger partial charge in [-0.2, -0.15) is 0 Å². The summed E-state index contributed by atoms with van der Waals surface area (Å²) < 4.78 is 4.95. The second-order valence-electron chi connectivity index (χ2n) is 7.20. The number of hydrogen-bond donors (Lipinski definition) is 2. The second-order valence-corrected chi connectivity index (χ2v) is 7.20. The molecule has 1 amide bonds. The van der Waals surface area contributed by atoms with Crippen LogP contribution in [0.3, 0.4) is 0 Å². The van der Waals surface area contributed by atoms with Gasteiger partial charge in [0.1, 0.15) is 6.04 Å². The predicted octanol–water partition coefficient (Wildman–Crippen LogP) is 2.78. The number of ether oxygens (including phenoxy) is 1. The lowest BCUT2D eigenvalue weighted by atomic mass is 9.88. The van der Waals surface area contributed by atoms with E-state index in [0.717, 1.165) is 25.7 Å². The SMILES string of the molecule is CCOC(=O)C[C@@H](c1ccc([N+](=O)[O-])cc1)[C@H](NC(=O)CC1CCCC1)C(=O)O. The Morgan fingerprint density at radius 2 is 1.86 bits per heavy atom. The minimum atomic E-state index is -1.35. The normalized spacial score (nSPS) is 16.0. The minimum absolute atomic E-state index is 0.137. The Kier molecular flexibility index (Phi) is 8.11. The van der Waals surface area contributed by atoms with E-state index in [2.05, 4.69) is 5.32 Å². The maximum absolute atomic E-state index is 12.4. The van der Waals surface area contributed by atoms with Gasteiger partial charge in [-0.05, 0) is 31.2 Å². The number of amides is 1. The minimum Gasteiger partial charge on any atom is -0.480 e. The second kappa shape index (κ2) is 10.5. The number of aliphatic carboxylic acids is 1. The van der Waals surface area contributed by atoms with Crippen LogP contribution in [0.2, 0.25) is 0 Å². The monoisotopic (exact) mass is 406 g/mol. The fraction of sp³-hybridized carbons (Fsp3) is 0.550. The van der Waals surface area contributed by atoms with Crippen molar-refractivity contribution in [3.8, 4) is 0 Å². The van der Waals surface area contributed by atoms with Crippen LogP contribution in [-0.2, 0) is 19.1 Å². The summed E-state index contributed by atoms with van der Waals surface area (Å²) in [4.78, 5) is 46.7. The average molecular weight is 406 g/mol. The lowest BCUT2D eigenvalue weighted by Gasteiger charge is -2.25. The molecule has 1 saturated carbocycles. The van der Waals surface area contributed by atoms with Crippen molar-refractivity contribution in [1.82, 2.24) is 5.32 Å². The van der Waals surface area contributed by atoms with Gasteiger partial charge < -0.3 is 15.2 Å². The molecule has 1 aromatic carbocycles. The van der Waals surface area contributed by atoms with Crippen LogP contribution in [-0.4, -0.2) is 40.5 Å². The number of hydrogen-bond acceptors (Lipinski definition) is 6. The number of nitrogens with zero attached hydrogens (tertiary/aromatic N) is 1. The molecule has 2 N–H and O–H groups in total. The standard InChI is InChI=1S/C20H26N2O7/c1-2-29-18(24)12-16(14-7-9-15(10-8-14)22(27)28)19(20(25)26)21-17(23)11-13-5-3-4-6-13/h7-10,13,16,19H,2-6,11-12H2,1H3,(H,21,23)(H,25,26)/t16-,19-/m0/s1. The number of carboxylic acids is 1. The smallest absolute Gasteiger partial charge is 0.326 e. The Balaban J connectivity index is 2.23. The fourth-order valence-corrected chi connectivity index (χ4v) is 3.71. The van der Waals surface area contributed by atoms with Crippen molar-refractivity contribution in [2.45, 2.75) is 57.4 Å². The number of carboxylic acid groups (broad SMARTS) is 1. The van der Waals surface area contributed by atoms with Crippen molar-refractivity contribution in [3.63, 3.8) is 0 Å². The number of nitro benzene ring substituents is 1. The highest BCUT2D eigenvalue weighted by molar-refractivity contribution is 5.85. The number of rotatable bonds is 10. The van der Waals surface area contributed by atoms with Gasteiger partial charge >= 0.3 is 11.9 Å². The third-order valence-electron chi connectivity index (χ3n) is 5.16. The van der Waals surface area contributed by atoms with E-state index < -0.39 is 28.8 Å². The molecular formula is C20H26N2O7. The van der Waals surface area contributed by atoms with Crippen molar-refractivity contribution < 1.29 is 29.2 Å². The highest BCUT2D eigenvalue weighted by Crippen LogP contribution is 2.29. The van der Waals surface area contributed by atoms with Gasteiger partial charge in [0.05, 0.1) is 18.0 Å². The maximum Gasteiger partial charge on any atom is 0.326 e. The highest BCUT2D eigenvalue weighted by Gasteiger charge is 2.34. The van der Waals surface area contributed by atoms with Crippen LogP contribution in [0.5, 0.6) is 0 Å². The van der Waals surface area contributed by atoms with Gasteiger partial charge in [0, 0.05) is 24.5 Å². The van der Waals surface area contributed by atoms with Crippen molar-refractivity contribution in [2.75, 3.05) is 6.61 Å². The summed E-state index contributed by atoms with van der Waals surface area (Å²) in [6.45, 7) is 1.77. The molecule has 0 aliphatic heterocycles. The van der Waals surface area contributed by atoms with E-state index in [1.165, 1.54) is 24.3 Å². The lowest BCUT2D eigenvalue weighted by Crippen LogP contribution is -2.46. The van der Waals surface area contributed by atoms with Gasteiger partial charge in [-0.15, -0.1) is 0 Å². The Hall–Kier alpha value is -2.97. The van der Waals surface area contributed by atoms with Crippen LogP contribution in [0.4, 0.5) is 5.69 Å². The largest absolute Gasteiger partial charge is 0.480 e. The number of esters is 1. The summed E-state index contributed by atoms with van der Waals surface area (Å²) >= 11 is 0. The molecule has 0 bridgehead atoms. The van der Waals surface area contributed by atoms with E-state index in [0.29, 0.717) is 5.56 Å².